The van der Waals surface area contributed by atoms with E-state index in [0.29, 0.717) is 5.02 Å². The van der Waals surface area contributed by atoms with Gasteiger partial charge in [-0.3, -0.25) is 0 Å². The third-order valence-electron chi connectivity index (χ3n) is 2.53. The molecule has 0 fully saturated rings. The molecule has 0 aliphatic heterocycles. The van der Waals surface area contributed by atoms with Gasteiger partial charge in [-0.2, -0.15) is 0 Å². The van der Waals surface area contributed by atoms with Crippen LogP contribution in [0.15, 0.2) is 28.7 Å². The number of rotatable bonds is 2. The summed E-state index contributed by atoms with van der Waals surface area (Å²) >= 11 is 17.8. The Morgan fingerprint density at radius 1 is 1.18 bits per heavy atom. The fourth-order valence-corrected chi connectivity index (χ4v) is 4.07. The molecule has 90 valence electrons. The molecule has 0 amide bonds. The molecule has 2 aromatic rings. The van der Waals surface area contributed by atoms with E-state index in [2.05, 4.69) is 35.8 Å². The molecule has 0 radical (unpaired) electrons. The predicted molar refractivity (Wildman–Crippen MR) is 80.6 cm³/mol. The average Bonchev–Trinajstić information content (AvgIpc) is 2.55. The van der Waals surface area contributed by atoms with E-state index in [1.807, 2.05) is 18.2 Å². The van der Waals surface area contributed by atoms with Crippen LogP contribution in [0.2, 0.25) is 5.02 Å². The van der Waals surface area contributed by atoms with Crippen LogP contribution in [0.3, 0.4) is 0 Å². The van der Waals surface area contributed by atoms with Crippen LogP contribution in [0, 0.1) is 13.8 Å². The van der Waals surface area contributed by atoms with Gasteiger partial charge in [0.2, 0.25) is 0 Å². The van der Waals surface area contributed by atoms with Gasteiger partial charge in [-0.25, -0.2) is 0 Å². The second-order valence-corrected chi connectivity index (χ2v) is 7.18. The Bertz CT molecular complexity index is 528. The van der Waals surface area contributed by atoms with Crippen molar-refractivity contribution < 1.29 is 0 Å². The van der Waals surface area contributed by atoms with Crippen LogP contribution in [-0.2, 0) is 0 Å². The Labute approximate surface area is 124 Å². The quantitative estimate of drug-likeness (QED) is 0.574. The van der Waals surface area contributed by atoms with E-state index in [1.54, 1.807) is 11.3 Å². The molecule has 0 aliphatic carbocycles. The van der Waals surface area contributed by atoms with Crippen molar-refractivity contribution in [3.63, 3.8) is 0 Å². The Kier molecular flexibility index (Phi) is 4.19. The third-order valence-corrected chi connectivity index (χ3v) is 4.67. The number of hydrogen-bond donors (Lipinski definition) is 0. The van der Waals surface area contributed by atoms with E-state index < -0.39 is 0 Å². The molecule has 1 atom stereocenters. The van der Waals surface area contributed by atoms with E-state index in [1.165, 1.54) is 15.3 Å². The lowest BCUT2D eigenvalue weighted by molar-refractivity contribution is 1.13. The Balaban J connectivity index is 2.43. The SMILES string of the molecule is Cc1cc(C(Cl)c2cc(Cl)cc(Br)c2)c(C)s1. The zero-order chi connectivity index (χ0) is 12.6. The summed E-state index contributed by atoms with van der Waals surface area (Å²) in [5, 5.41) is 0.555. The maximum Gasteiger partial charge on any atom is 0.0847 e. The molecule has 4 heteroatoms. The van der Waals surface area contributed by atoms with Crippen molar-refractivity contribution in [2.75, 3.05) is 0 Å². The minimum atomic E-state index is -0.144. The van der Waals surface area contributed by atoms with Crippen LogP contribution < -0.4 is 0 Å². The number of halogens is 3. The molecular weight excluding hydrogens is 339 g/mol. The van der Waals surface area contributed by atoms with Gasteiger partial charge < -0.3 is 0 Å². The average molecular weight is 350 g/mol. The highest BCUT2D eigenvalue weighted by Gasteiger charge is 2.16. The van der Waals surface area contributed by atoms with Crippen LogP contribution in [0.4, 0.5) is 0 Å². The molecule has 0 aliphatic rings. The topological polar surface area (TPSA) is 0 Å². The standard InChI is InChI=1S/C13H11BrCl2S/c1-7-3-12(8(2)17-7)13(16)9-4-10(14)6-11(15)5-9/h3-6,13H,1-2H3. The maximum absolute atomic E-state index is 6.52. The molecule has 0 spiro atoms. The van der Waals surface area contributed by atoms with E-state index in [9.17, 15) is 0 Å². The number of alkyl halides is 1. The van der Waals surface area contributed by atoms with Crippen molar-refractivity contribution >= 4 is 50.5 Å². The smallest absolute Gasteiger partial charge is 0.0847 e. The third kappa shape index (κ3) is 3.05. The van der Waals surface area contributed by atoms with Gasteiger partial charge in [-0.05, 0) is 49.2 Å². The molecule has 1 heterocycles. The van der Waals surface area contributed by atoms with Gasteiger partial charge in [0.25, 0.3) is 0 Å². The first-order valence-electron chi connectivity index (χ1n) is 5.14. The van der Waals surface area contributed by atoms with Crippen molar-refractivity contribution in [1.29, 1.82) is 0 Å². The van der Waals surface area contributed by atoms with Crippen LogP contribution in [-0.4, -0.2) is 0 Å². The highest BCUT2D eigenvalue weighted by molar-refractivity contribution is 9.10. The van der Waals surface area contributed by atoms with Gasteiger partial charge in [0, 0.05) is 19.2 Å². The minimum absolute atomic E-state index is 0.144. The highest BCUT2D eigenvalue weighted by Crippen LogP contribution is 2.37. The lowest BCUT2D eigenvalue weighted by atomic mass is 10.1. The summed E-state index contributed by atoms with van der Waals surface area (Å²) in [6.07, 6.45) is 0. The summed E-state index contributed by atoms with van der Waals surface area (Å²) in [7, 11) is 0. The summed E-state index contributed by atoms with van der Waals surface area (Å²) in [4.78, 5) is 2.54. The summed E-state index contributed by atoms with van der Waals surface area (Å²) in [5.74, 6) is 0. The highest BCUT2D eigenvalue weighted by atomic mass is 79.9. The molecule has 0 N–H and O–H groups in total. The molecule has 1 unspecified atom stereocenters. The fourth-order valence-electron chi connectivity index (χ4n) is 1.80. The molecule has 17 heavy (non-hydrogen) atoms. The minimum Gasteiger partial charge on any atom is -0.146 e. The Morgan fingerprint density at radius 2 is 1.88 bits per heavy atom. The number of hydrogen-bond acceptors (Lipinski definition) is 1. The molecule has 2 rings (SSSR count). The number of thiophene rings is 1. The number of aryl methyl sites for hydroxylation is 2. The normalized spacial score (nSPS) is 12.8. The molecule has 1 aromatic carbocycles. The number of benzene rings is 1. The van der Waals surface area contributed by atoms with Gasteiger partial charge in [-0.1, -0.05) is 27.5 Å². The second kappa shape index (κ2) is 5.31. The van der Waals surface area contributed by atoms with E-state index in [0.717, 1.165) is 10.0 Å². The molecule has 0 saturated carbocycles. The first-order valence-corrected chi connectivity index (χ1v) is 7.57. The van der Waals surface area contributed by atoms with E-state index in [-0.39, 0.29) is 5.38 Å². The predicted octanol–water partition coefficient (Wildman–Crippen LogP) is 6.11. The molecule has 1 aromatic heterocycles. The fraction of sp³-hybridized carbons (Fsp3) is 0.231. The molecular formula is C13H11BrCl2S. The van der Waals surface area contributed by atoms with Crippen molar-refractivity contribution in [3.05, 3.63) is 54.6 Å². The van der Waals surface area contributed by atoms with Crippen molar-refractivity contribution in [3.8, 4) is 0 Å². The summed E-state index contributed by atoms with van der Waals surface area (Å²) in [6.45, 7) is 4.20. The van der Waals surface area contributed by atoms with Crippen LogP contribution in [0.1, 0.15) is 26.3 Å². The van der Waals surface area contributed by atoms with E-state index in [4.69, 9.17) is 23.2 Å². The van der Waals surface area contributed by atoms with Crippen LogP contribution in [0.25, 0.3) is 0 Å². The van der Waals surface area contributed by atoms with E-state index >= 15 is 0 Å². The summed E-state index contributed by atoms with van der Waals surface area (Å²) in [5.41, 5.74) is 2.19. The van der Waals surface area contributed by atoms with Crippen LogP contribution >= 0.6 is 50.5 Å². The summed E-state index contributed by atoms with van der Waals surface area (Å²) < 4.78 is 0.954. The van der Waals surface area contributed by atoms with Crippen molar-refractivity contribution in [2.24, 2.45) is 0 Å². The van der Waals surface area contributed by atoms with Gasteiger partial charge >= 0.3 is 0 Å². The molecule has 0 nitrogen and oxygen atoms in total. The van der Waals surface area contributed by atoms with Crippen molar-refractivity contribution in [2.45, 2.75) is 19.2 Å². The lowest BCUT2D eigenvalue weighted by Crippen LogP contribution is -1.93. The van der Waals surface area contributed by atoms with Gasteiger partial charge in [-0.15, -0.1) is 22.9 Å². The maximum atomic E-state index is 6.52. The first-order chi connectivity index (χ1) is 7.97. The zero-order valence-electron chi connectivity index (χ0n) is 9.43. The van der Waals surface area contributed by atoms with Gasteiger partial charge in [0.1, 0.15) is 0 Å². The molecule has 0 bridgehead atoms. The molecule has 0 saturated heterocycles. The Hall–Kier alpha value is -0.0200. The monoisotopic (exact) mass is 348 g/mol. The first kappa shape index (κ1) is 13.4. The van der Waals surface area contributed by atoms with Crippen molar-refractivity contribution in [1.82, 2.24) is 0 Å². The lowest BCUT2D eigenvalue weighted by Gasteiger charge is -2.10. The second-order valence-electron chi connectivity index (χ2n) is 3.93. The van der Waals surface area contributed by atoms with Gasteiger partial charge in [0.05, 0.1) is 5.38 Å². The zero-order valence-corrected chi connectivity index (χ0v) is 13.3. The summed E-state index contributed by atoms with van der Waals surface area (Å²) in [6, 6.07) is 7.93. The largest absolute Gasteiger partial charge is 0.146 e. The van der Waals surface area contributed by atoms with Gasteiger partial charge in [0.15, 0.2) is 0 Å². The Morgan fingerprint density at radius 3 is 2.41 bits per heavy atom. The van der Waals surface area contributed by atoms with Crippen LogP contribution in [0.5, 0.6) is 0 Å².